The van der Waals surface area contributed by atoms with Crippen LogP contribution < -0.4 is 5.09 Å². The number of aliphatic hydroxyl groups is 1. The second kappa shape index (κ2) is 11.0. The first-order chi connectivity index (χ1) is 13.0. The second-order valence-corrected chi connectivity index (χ2v) is 7.96. The molecule has 0 bridgehead atoms. The third kappa shape index (κ3) is 9.16. The Balaban J connectivity index is 0.000000307. The highest BCUT2D eigenvalue weighted by atomic mass is 31.2. The van der Waals surface area contributed by atoms with Gasteiger partial charge in [0.1, 0.15) is 11.8 Å². The second-order valence-electron chi connectivity index (χ2n) is 5.52. The molecule has 0 radical (unpaired) electrons. The molecule has 0 heterocycles. The molecule has 7 N–H and O–H groups in total. The number of aliphatic carboxylic acids is 1. The molecule has 28 heavy (non-hydrogen) atoms. The first-order valence-corrected chi connectivity index (χ1v) is 10.6. The topological polar surface area (TPSA) is 185 Å². The zero-order valence-corrected chi connectivity index (χ0v) is 16.1. The Morgan fingerprint density at radius 1 is 1.07 bits per heavy atom. The van der Waals surface area contributed by atoms with Crippen LogP contribution in [0.3, 0.4) is 0 Å². The quantitative estimate of drug-likeness (QED) is 0.316. The lowest BCUT2D eigenvalue weighted by Crippen LogP contribution is -2.36. The Morgan fingerprint density at radius 3 is 2.04 bits per heavy atom. The van der Waals surface area contributed by atoms with Crippen LogP contribution in [-0.2, 0) is 20.3 Å². The summed E-state index contributed by atoms with van der Waals surface area (Å²) in [6.45, 7) is 0. The van der Waals surface area contributed by atoms with E-state index in [9.17, 15) is 13.9 Å². The maximum Gasteiger partial charge on any atom is 0.542 e. The summed E-state index contributed by atoms with van der Waals surface area (Å²) >= 11 is 0. The van der Waals surface area contributed by atoms with E-state index in [1.54, 1.807) is 35.4 Å². The third-order valence-electron chi connectivity index (χ3n) is 3.31. The number of carboxylic acids is 1. The monoisotopic (exact) mass is 432 g/mol. The van der Waals surface area contributed by atoms with Crippen LogP contribution in [0.5, 0.6) is 5.75 Å². The van der Waals surface area contributed by atoms with Crippen molar-refractivity contribution < 1.29 is 43.9 Å². The molecule has 0 amide bonds. The maximum atomic E-state index is 10.8. The predicted molar refractivity (Wildman–Crippen MR) is 99.6 cm³/mol. The number of aromatic hydroxyl groups is 1. The van der Waals surface area contributed by atoms with Crippen LogP contribution in [0.25, 0.3) is 0 Å². The van der Waals surface area contributed by atoms with Gasteiger partial charge in [-0.05, 0) is 28.7 Å². The standard InChI is InChI=1S/C9H12NO6P.C7H7O3P/c11-7-3-1-6(2-4-7)5-8(9(12)13)10-17(14,15)16;8-7(11(9)10)6-4-2-1-3-5-6/h1-4,8,11H,5H2,(H,12,13)(H3,10,14,15,16);1-5,7-8H/p+1. The summed E-state index contributed by atoms with van der Waals surface area (Å²) in [6.07, 6.45) is -0.0965. The number of aliphatic hydroxyl groups excluding tert-OH is 1. The number of nitrogens with one attached hydrogen (secondary N) is 1. The average Bonchev–Trinajstić information content (AvgIpc) is 2.62. The van der Waals surface area contributed by atoms with Gasteiger partial charge in [0.25, 0.3) is 0 Å². The SMILES string of the molecule is O=C(O)C(Cc1ccc(O)cc1)NP(=O)(O)O.O=[P+](O)C(O)c1ccccc1. The van der Waals surface area contributed by atoms with E-state index >= 15 is 0 Å². The van der Waals surface area contributed by atoms with Crippen LogP contribution in [0.1, 0.15) is 17.0 Å². The predicted octanol–water partition coefficient (Wildman–Crippen LogP) is 1.48. The fraction of sp³-hybridized carbons (Fsp3) is 0.188. The zero-order valence-electron chi connectivity index (χ0n) is 14.4. The highest BCUT2D eigenvalue weighted by Crippen LogP contribution is 2.34. The summed E-state index contributed by atoms with van der Waals surface area (Å²) in [5, 5.41) is 28.6. The summed E-state index contributed by atoms with van der Waals surface area (Å²) < 4.78 is 21.1. The van der Waals surface area contributed by atoms with Gasteiger partial charge in [0, 0.05) is 5.56 Å². The van der Waals surface area contributed by atoms with Gasteiger partial charge in [-0.1, -0.05) is 42.5 Å². The summed E-state index contributed by atoms with van der Waals surface area (Å²) in [7, 11) is -7.13. The zero-order chi connectivity index (χ0) is 21.3. The minimum atomic E-state index is -4.60. The van der Waals surface area contributed by atoms with Gasteiger partial charge in [-0.2, -0.15) is 4.89 Å². The third-order valence-corrected chi connectivity index (χ3v) is 4.67. The van der Waals surface area contributed by atoms with Crippen LogP contribution in [0.15, 0.2) is 54.6 Å². The molecule has 2 rings (SSSR count). The van der Waals surface area contributed by atoms with Crippen molar-refractivity contribution in [1.82, 2.24) is 5.09 Å². The van der Waals surface area contributed by atoms with Gasteiger partial charge in [-0.25, -0.2) is 9.65 Å². The molecule has 0 saturated heterocycles. The first-order valence-electron chi connectivity index (χ1n) is 7.72. The maximum absolute atomic E-state index is 10.8. The van der Waals surface area contributed by atoms with E-state index in [4.69, 9.17) is 30.0 Å². The van der Waals surface area contributed by atoms with Crippen molar-refractivity contribution in [1.29, 1.82) is 0 Å². The number of carboxylic acid groups (broad SMARTS) is 1. The van der Waals surface area contributed by atoms with Gasteiger partial charge in [-0.3, -0.25) is 4.79 Å². The molecular weight excluding hydrogens is 412 g/mol. The highest BCUT2D eigenvalue weighted by molar-refractivity contribution is 7.49. The van der Waals surface area contributed by atoms with Crippen LogP contribution in [0, 0.1) is 0 Å². The van der Waals surface area contributed by atoms with E-state index in [2.05, 4.69) is 0 Å². The van der Waals surface area contributed by atoms with Crippen molar-refractivity contribution >= 4 is 21.7 Å². The van der Waals surface area contributed by atoms with Gasteiger partial charge in [0.15, 0.2) is 0 Å². The molecule has 0 spiro atoms. The van der Waals surface area contributed by atoms with Gasteiger partial charge >= 0.3 is 27.6 Å². The van der Waals surface area contributed by atoms with Gasteiger partial charge in [0.2, 0.25) is 0 Å². The molecule has 3 atom stereocenters. The molecule has 0 fully saturated rings. The number of phenolic OH excluding ortho intramolecular Hbond substituents is 1. The van der Waals surface area contributed by atoms with E-state index in [0.29, 0.717) is 11.1 Å². The molecule has 2 aromatic carbocycles. The van der Waals surface area contributed by atoms with Crippen molar-refractivity contribution in [3.05, 3.63) is 65.7 Å². The van der Waals surface area contributed by atoms with Gasteiger partial charge < -0.3 is 25.1 Å². The normalized spacial score (nSPS) is 13.6. The van der Waals surface area contributed by atoms with Crippen molar-refractivity contribution in [2.75, 3.05) is 0 Å². The van der Waals surface area contributed by atoms with Crippen molar-refractivity contribution in [2.24, 2.45) is 0 Å². The lowest BCUT2D eigenvalue weighted by atomic mass is 10.1. The van der Waals surface area contributed by atoms with E-state index in [-0.39, 0.29) is 12.2 Å². The minimum Gasteiger partial charge on any atom is -0.508 e. The summed E-state index contributed by atoms with van der Waals surface area (Å²) in [5.74, 6) is -2.59. The van der Waals surface area contributed by atoms with Crippen molar-refractivity contribution in [3.8, 4) is 5.75 Å². The Hall–Kier alpha value is -2.16. The summed E-state index contributed by atoms with van der Waals surface area (Å²) in [4.78, 5) is 36.6. The number of phenols is 1. The van der Waals surface area contributed by atoms with Gasteiger partial charge in [0.05, 0.1) is 0 Å². The van der Waals surface area contributed by atoms with Crippen LogP contribution >= 0.6 is 15.8 Å². The van der Waals surface area contributed by atoms with Crippen LogP contribution in [0.2, 0.25) is 0 Å². The number of hydrogen-bond acceptors (Lipinski definition) is 5. The average molecular weight is 432 g/mol. The van der Waals surface area contributed by atoms with Crippen LogP contribution in [0.4, 0.5) is 0 Å². The fourth-order valence-corrected chi connectivity index (χ4v) is 3.05. The molecular formula is C16H20NO9P2+. The molecule has 12 heteroatoms. The van der Waals surface area contributed by atoms with E-state index < -0.39 is 33.6 Å². The van der Waals surface area contributed by atoms with E-state index in [1.807, 2.05) is 0 Å². The first kappa shape index (κ1) is 23.9. The fourth-order valence-electron chi connectivity index (χ4n) is 2.01. The molecule has 0 saturated carbocycles. The number of benzene rings is 2. The molecule has 2 aromatic rings. The Labute approximate surface area is 161 Å². The Bertz CT molecular complexity index is 824. The summed E-state index contributed by atoms with van der Waals surface area (Å²) in [6, 6.07) is 12.7. The molecule has 10 nitrogen and oxygen atoms in total. The lowest BCUT2D eigenvalue weighted by molar-refractivity contribution is -0.139. The molecule has 0 aromatic heterocycles. The lowest BCUT2D eigenvalue weighted by Gasteiger charge is -2.15. The van der Waals surface area contributed by atoms with Crippen molar-refractivity contribution in [2.45, 2.75) is 18.3 Å². The molecule has 152 valence electrons. The van der Waals surface area contributed by atoms with E-state index in [1.165, 1.54) is 24.3 Å². The number of hydrogen-bond donors (Lipinski definition) is 7. The van der Waals surface area contributed by atoms with Crippen LogP contribution in [-0.4, -0.2) is 42.0 Å². The van der Waals surface area contributed by atoms with Gasteiger partial charge in [-0.15, -0.1) is 0 Å². The molecule has 3 unspecified atom stereocenters. The summed E-state index contributed by atoms with van der Waals surface area (Å²) in [5.41, 5.74) is 1.01. The van der Waals surface area contributed by atoms with Crippen molar-refractivity contribution in [3.63, 3.8) is 0 Å². The Morgan fingerprint density at radius 2 is 1.61 bits per heavy atom. The Kier molecular flexibility index (Phi) is 9.37. The number of carbonyl (C=O) groups is 1. The molecule has 0 aliphatic rings. The minimum absolute atomic E-state index is 0.0311. The molecule has 0 aliphatic heterocycles. The molecule has 0 aliphatic carbocycles. The highest BCUT2D eigenvalue weighted by Gasteiger charge is 2.27. The van der Waals surface area contributed by atoms with E-state index in [0.717, 1.165) is 0 Å². The number of rotatable bonds is 7. The smallest absolute Gasteiger partial charge is 0.508 e. The largest absolute Gasteiger partial charge is 0.542 e.